The number of esters is 2. The number of benzene rings is 3. The van der Waals surface area contributed by atoms with E-state index in [4.69, 9.17) is 18.9 Å². The van der Waals surface area contributed by atoms with Crippen LogP contribution in [0.1, 0.15) is 38.8 Å². The Morgan fingerprint density at radius 3 is 1.74 bits per heavy atom. The highest BCUT2D eigenvalue weighted by Crippen LogP contribution is 2.26. The lowest BCUT2D eigenvalue weighted by Crippen LogP contribution is -2.07. The normalized spacial score (nSPS) is 10.3. The number of carbonyl (C=O) groups excluding carboxylic acids is 2. The standard InChI is InChI=1S/C25H24O6/c1-3-29-24(26)20-12-10-19(11-13-20)17-31-25(27)21-14-8-18(9-15-21)16-30-23-7-5-4-6-22(23)28-2/h4-15H,3,16-17H2,1-2H3. The number of para-hydroxylation sites is 2. The summed E-state index contributed by atoms with van der Waals surface area (Å²) in [5, 5.41) is 0. The van der Waals surface area contributed by atoms with Crippen LogP contribution in [0.15, 0.2) is 72.8 Å². The molecule has 3 rings (SSSR count). The molecule has 6 nitrogen and oxygen atoms in total. The Kier molecular flexibility index (Phi) is 7.65. The molecule has 0 aliphatic heterocycles. The summed E-state index contributed by atoms with van der Waals surface area (Å²) in [6.07, 6.45) is 0. The van der Waals surface area contributed by atoms with Crippen LogP contribution in [0.2, 0.25) is 0 Å². The smallest absolute Gasteiger partial charge is 0.338 e. The Balaban J connectivity index is 1.51. The Morgan fingerprint density at radius 2 is 1.19 bits per heavy atom. The highest BCUT2D eigenvalue weighted by Gasteiger charge is 2.10. The number of rotatable bonds is 9. The predicted octanol–water partition coefficient (Wildman–Crippen LogP) is 4.81. The maximum atomic E-state index is 12.3. The van der Waals surface area contributed by atoms with E-state index in [0.717, 1.165) is 11.1 Å². The summed E-state index contributed by atoms with van der Waals surface area (Å²) in [5.41, 5.74) is 2.60. The monoisotopic (exact) mass is 420 g/mol. The minimum Gasteiger partial charge on any atom is -0.493 e. The molecule has 0 amide bonds. The summed E-state index contributed by atoms with van der Waals surface area (Å²) in [4.78, 5) is 24.0. The van der Waals surface area contributed by atoms with E-state index >= 15 is 0 Å². The van der Waals surface area contributed by atoms with Gasteiger partial charge in [0.2, 0.25) is 0 Å². The molecule has 0 aromatic heterocycles. The van der Waals surface area contributed by atoms with Crippen LogP contribution < -0.4 is 9.47 Å². The first-order chi connectivity index (χ1) is 15.1. The second-order valence-corrected chi connectivity index (χ2v) is 6.63. The van der Waals surface area contributed by atoms with Gasteiger partial charge in [-0.25, -0.2) is 9.59 Å². The summed E-state index contributed by atoms with van der Waals surface area (Å²) in [7, 11) is 1.59. The summed E-state index contributed by atoms with van der Waals surface area (Å²) >= 11 is 0. The summed E-state index contributed by atoms with van der Waals surface area (Å²) in [6.45, 7) is 2.54. The van der Waals surface area contributed by atoms with Crippen LogP contribution in [-0.2, 0) is 22.7 Å². The van der Waals surface area contributed by atoms with Gasteiger partial charge in [-0.2, -0.15) is 0 Å². The molecule has 0 saturated heterocycles. The Bertz CT molecular complexity index is 1010. The average molecular weight is 420 g/mol. The highest BCUT2D eigenvalue weighted by molar-refractivity contribution is 5.90. The molecule has 0 saturated carbocycles. The van der Waals surface area contributed by atoms with Gasteiger partial charge in [0.1, 0.15) is 13.2 Å². The molecule has 160 valence electrons. The van der Waals surface area contributed by atoms with Gasteiger partial charge in [0.15, 0.2) is 11.5 Å². The molecule has 0 aliphatic rings. The second kappa shape index (κ2) is 10.8. The van der Waals surface area contributed by atoms with Crippen molar-refractivity contribution < 1.29 is 28.5 Å². The lowest BCUT2D eigenvalue weighted by atomic mass is 10.1. The predicted molar refractivity (Wildman–Crippen MR) is 115 cm³/mol. The molecule has 0 heterocycles. The van der Waals surface area contributed by atoms with Crippen molar-refractivity contribution in [3.63, 3.8) is 0 Å². The van der Waals surface area contributed by atoms with Crippen molar-refractivity contribution in [2.24, 2.45) is 0 Å². The van der Waals surface area contributed by atoms with Crippen molar-refractivity contribution in [2.75, 3.05) is 13.7 Å². The Morgan fingerprint density at radius 1 is 0.677 bits per heavy atom. The Labute approximate surface area is 181 Å². The zero-order valence-corrected chi connectivity index (χ0v) is 17.5. The van der Waals surface area contributed by atoms with E-state index in [0.29, 0.717) is 35.8 Å². The van der Waals surface area contributed by atoms with Crippen LogP contribution in [0.3, 0.4) is 0 Å². The van der Waals surface area contributed by atoms with Gasteiger partial charge in [0.05, 0.1) is 24.8 Å². The van der Waals surface area contributed by atoms with Gasteiger partial charge in [-0.05, 0) is 54.4 Å². The van der Waals surface area contributed by atoms with E-state index in [-0.39, 0.29) is 12.6 Å². The van der Waals surface area contributed by atoms with E-state index < -0.39 is 5.97 Å². The van der Waals surface area contributed by atoms with Gasteiger partial charge in [-0.15, -0.1) is 0 Å². The summed E-state index contributed by atoms with van der Waals surface area (Å²) < 4.78 is 21.4. The van der Waals surface area contributed by atoms with E-state index in [2.05, 4.69) is 0 Å². The topological polar surface area (TPSA) is 71.1 Å². The lowest BCUT2D eigenvalue weighted by molar-refractivity contribution is 0.0469. The fraction of sp³-hybridized carbons (Fsp3) is 0.200. The SMILES string of the molecule is CCOC(=O)c1ccc(COC(=O)c2ccc(COc3ccccc3OC)cc2)cc1. The number of hydrogen-bond acceptors (Lipinski definition) is 6. The maximum absolute atomic E-state index is 12.3. The van der Waals surface area contributed by atoms with Gasteiger partial charge in [-0.1, -0.05) is 36.4 Å². The van der Waals surface area contributed by atoms with Crippen LogP contribution >= 0.6 is 0 Å². The van der Waals surface area contributed by atoms with Crippen molar-refractivity contribution in [1.82, 2.24) is 0 Å². The van der Waals surface area contributed by atoms with Gasteiger partial charge in [0, 0.05) is 0 Å². The molecule has 3 aromatic carbocycles. The molecular weight excluding hydrogens is 396 g/mol. The second-order valence-electron chi connectivity index (χ2n) is 6.63. The molecule has 0 N–H and O–H groups in total. The van der Waals surface area contributed by atoms with Crippen molar-refractivity contribution in [3.8, 4) is 11.5 Å². The van der Waals surface area contributed by atoms with E-state index in [1.165, 1.54) is 0 Å². The molecule has 6 heteroatoms. The third-order valence-electron chi connectivity index (χ3n) is 4.49. The minimum absolute atomic E-state index is 0.112. The van der Waals surface area contributed by atoms with Gasteiger partial charge in [-0.3, -0.25) is 0 Å². The van der Waals surface area contributed by atoms with Crippen LogP contribution in [-0.4, -0.2) is 25.7 Å². The van der Waals surface area contributed by atoms with Crippen molar-refractivity contribution in [3.05, 3.63) is 95.1 Å². The average Bonchev–Trinajstić information content (AvgIpc) is 2.82. The van der Waals surface area contributed by atoms with Crippen molar-refractivity contribution in [2.45, 2.75) is 20.1 Å². The zero-order valence-electron chi connectivity index (χ0n) is 17.5. The molecule has 0 spiro atoms. The Hall–Kier alpha value is -3.80. The molecule has 0 aliphatic carbocycles. The van der Waals surface area contributed by atoms with Gasteiger partial charge in [0.25, 0.3) is 0 Å². The number of carbonyl (C=O) groups is 2. The van der Waals surface area contributed by atoms with Crippen molar-refractivity contribution >= 4 is 11.9 Å². The fourth-order valence-corrected chi connectivity index (χ4v) is 2.82. The molecule has 0 radical (unpaired) electrons. The van der Waals surface area contributed by atoms with Crippen molar-refractivity contribution in [1.29, 1.82) is 0 Å². The fourth-order valence-electron chi connectivity index (χ4n) is 2.82. The van der Waals surface area contributed by atoms with Gasteiger partial charge < -0.3 is 18.9 Å². The summed E-state index contributed by atoms with van der Waals surface area (Å²) in [5.74, 6) is 0.521. The lowest BCUT2D eigenvalue weighted by Gasteiger charge is -2.10. The van der Waals surface area contributed by atoms with Crippen LogP contribution in [0, 0.1) is 0 Å². The molecule has 0 unspecified atom stereocenters. The zero-order chi connectivity index (χ0) is 22.1. The van der Waals surface area contributed by atoms with E-state index in [1.54, 1.807) is 50.4 Å². The molecule has 0 atom stereocenters. The van der Waals surface area contributed by atoms with Crippen LogP contribution in [0.5, 0.6) is 11.5 Å². The van der Waals surface area contributed by atoms with Crippen LogP contribution in [0.25, 0.3) is 0 Å². The molecular formula is C25H24O6. The maximum Gasteiger partial charge on any atom is 0.338 e. The van der Waals surface area contributed by atoms with Crippen LogP contribution in [0.4, 0.5) is 0 Å². The highest BCUT2D eigenvalue weighted by atomic mass is 16.5. The first kappa shape index (κ1) is 21.9. The number of ether oxygens (including phenoxy) is 4. The van der Waals surface area contributed by atoms with E-state index in [9.17, 15) is 9.59 Å². The third kappa shape index (κ3) is 6.09. The van der Waals surface area contributed by atoms with Gasteiger partial charge >= 0.3 is 11.9 Å². The molecule has 0 fully saturated rings. The first-order valence-electron chi connectivity index (χ1n) is 9.88. The third-order valence-corrected chi connectivity index (χ3v) is 4.49. The quantitative estimate of drug-likeness (QED) is 0.463. The molecule has 31 heavy (non-hydrogen) atoms. The molecule has 0 bridgehead atoms. The molecule has 3 aromatic rings. The number of methoxy groups -OCH3 is 1. The van der Waals surface area contributed by atoms with E-state index in [1.807, 2.05) is 36.4 Å². The summed E-state index contributed by atoms with van der Waals surface area (Å²) in [6, 6.07) is 21.2. The first-order valence-corrected chi connectivity index (χ1v) is 9.88. The number of hydrogen-bond donors (Lipinski definition) is 0. The largest absolute Gasteiger partial charge is 0.493 e. The minimum atomic E-state index is -0.424.